The number of fused-ring (bicyclic) bond motifs is 2. The number of rotatable bonds is 5. The zero-order valence-electron chi connectivity index (χ0n) is 22.0. The van der Waals surface area contributed by atoms with E-state index in [2.05, 4.69) is 41.4 Å². The summed E-state index contributed by atoms with van der Waals surface area (Å²) in [6.45, 7) is 0. The van der Waals surface area contributed by atoms with Crippen LogP contribution in [0, 0.1) is 0 Å². The van der Waals surface area contributed by atoms with Crippen molar-refractivity contribution in [3.63, 3.8) is 0 Å². The average molecular weight is 513 g/mol. The van der Waals surface area contributed by atoms with Crippen molar-refractivity contribution in [3.05, 3.63) is 101 Å². The fourth-order valence-corrected chi connectivity index (χ4v) is 8.06. The number of aromatic nitrogens is 1. The number of methoxy groups -OCH3 is 2. The zero-order valence-corrected chi connectivity index (χ0v) is 22.9. The summed E-state index contributed by atoms with van der Waals surface area (Å²) in [5.74, 6) is 1.39. The van der Waals surface area contributed by atoms with Crippen molar-refractivity contribution < 1.29 is 18.6 Å². The molecule has 6 nitrogen and oxygen atoms in total. The molecule has 1 unspecified atom stereocenters. The normalized spacial score (nSPS) is 18.1. The maximum absolute atomic E-state index is 15.6. The fourth-order valence-electron chi connectivity index (χ4n) is 5.01. The molecule has 0 saturated carbocycles. The first-order valence-electron chi connectivity index (χ1n) is 12.0. The Hall–Kier alpha value is -3.89. The van der Waals surface area contributed by atoms with Crippen molar-refractivity contribution in [3.8, 4) is 11.5 Å². The van der Waals surface area contributed by atoms with Crippen LogP contribution in [-0.2, 0) is 4.57 Å². The molecule has 1 aromatic heterocycles. The van der Waals surface area contributed by atoms with Gasteiger partial charge in [-0.3, -0.25) is 4.98 Å². The smallest absolute Gasteiger partial charge is 0.200 e. The lowest BCUT2D eigenvalue weighted by Gasteiger charge is -2.34. The number of anilines is 1. The van der Waals surface area contributed by atoms with Gasteiger partial charge in [0.05, 0.1) is 19.8 Å². The molecule has 1 atom stereocenters. The van der Waals surface area contributed by atoms with Crippen LogP contribution in [-0.4, -0.2) is 57.7 Å². The van der Waals surface area contributed by atoms with Crippen LogP contribution in [0.25, 0.3) is 5.57 Å². The minimum absolute atomic E-state index is 0.695. The largest absolute Gasteiger partial charge is 0.496 e. The molecule has 5 rings (SSSR count). The van der Waals surface area contributed by atoms with Gasteiger partial charge in [0.1, 0.15) is 25.6 Å². The number of hydrogen-bond donors (Lipinski definition) is 0. The molecule has 0 fully saturated rings. The van der Waals surface area contributed by atoms with E-state index in [4.69, 9.17) is 9.47 Å². The van der Waals surface area contributed by atoms with Crippen LogP contribution in [0.4, 0.5) is 5.69 Å². The minimum atomic E-state index is -3.28. The summed E-state index contributed by atoms with van der Waals surface area (Å²) in [4.78, 5) is 6.24. The Morgan fingerprint density at radius 2 is 1.59 bits per heavy atom. The van der Waals surface area contributed by atoms with Gasteiger partial charge in [-0.25, -0.2) is 4.58 Å². The Bertz CT molecular complexity index is 1540. The van der Waals surface area contributed by atoms with Crippen molar-refractivity contribution in [1.82, 2.24) is 4.98 Å². The van der Waals surface area contributed by atoms with Crippen molar-refractivity contribution in [2.45, 2.75) is 0 Å². The van der Waals surface area contributed by atoms with Gasteiger partial charge in [-0.1, -0.05) is 12.1 Å². The van der Waals surface area contributed by atoms with E-state index in [1.807, 2.05) is 68.0 Å². The Morgan fingerprint density at radius 3 is 2.19 bits per heavy atom. The van der Waals surface area contributed by atoms with E-state index >= 15 is 4.57 Å². The second-order valence-corrected chi connectivity index (χ2v) is 12.1. The molecule has 2 aliphatic rings. The summed E-state index contributed by atoms with van der Waals surface area (Å²) in [5, 5.41) is 2.33. The molecule has 2 aromatic carbocycles. The molecule has 3 aromatic rings. The van der Waals surface area contributed by atoms with Gasteiger partial charge in [-0.05, 0) is 53.6 Å². The van der Waals surface area contributed by atoms with E-state index in [-0.39, 0.29) is 0 Å². The molecule has 1 aliphatic heterocycles. The highest BCUT2D eigenvalue weighted by molar-refractivity contribution is 7.83. The van der Waals surface area contributed by atoms with Gasteiger partial charge >= 0.3 is 0 Å². The highest BCUT2D eigenvalue weighted by Crippen LogP contribution is 2.62. The van der Waals surface area contributed by atoms with E-state index in [1.165, 1.54) is 0 Å². The van der Waals surface area contributed by atoms with Crippen molar-refractivity contribution in [2.75, 3.05) is 47.3 Å². The minimum Gasteiger partial charge on any atom is -0.496 e. The lowest BCUT2D eigenvalue weighted by atomic mass is 9.88. The third kappa shape index (κ3) is 3.93. The van der Waals surface area contributed by atoms with Crippen LogP contribution in [0.3, 0.4) is 0 Å². The summed E-state index contributed by atoms with van der Waals surface area (Å²) >= 11 is 0. The molecule has 0 saturated heterocycles. The second-order valence-electron chi connectivity index (χ2n) is 9.42. The van der Waals surface area contributed by atoms with E-state index in [9.17, 15) is 0 Å². The van der Waals surface area contributed by atoms with Gasteiger partial charge in [0.2, 0.25) is 0 Å². The quantitative estimate of drug-likeness (QED) is 0.373. The standard InChI is InChI=1S/C30H31N3O3P/c1-32(2)20-10-12-23-27(18-20)37(34,22-14-16-31-17-15-22)28-19-21(33(3)4)11-13-24(28)29(23)30-25(35-5)8-7-9-26(30)36-6/h7-19H,1-6H3/q+1. The average Bonchev–Trinajstić information content (AvgIpc) is 2.93. The lowest BCUT2D eigenvalue weighted by molar-refractivity contribution is -0.462. The third-order valence-electron chi connectivity index (χ3n) is 6.92. The highest BCUT2D eigenvalue weighted by Gasteiger charge is 2.43. The first-order chi connectivity index (χ1) is 17.8. The molecule has 1 aliphatic carbocycles. The molecule has 188 valence electrons. The Kier molecular flexibility index (Phi) is 6.38. The van der Waals surface area contributed by atoms with Crippen LogP contribution < -0.4 is 25.0 Å². The topological polar surface area (TPSA) is 54.7 Å². The first-order valence-corrected chi connectivity index (χ1v) is 13.8. The molecule has 0 amide bonds. The van der Waals surface area contributed by atoms with Gasteiger partial charge in [-0.15, -0.1) is 0 Å². The summed E-state index contributed by atoms with van der Waals surface area (Å²) in [6, 6.07) is 15.7. The van der Waals surface area contributed by atoms with Crippen LogP contribution in [0.15, 0.2) is 90.0 Å². The third-order valence-corrected chi connectivity index (χ3v) is 10.0. The monoisotopic (exact) mass is 512 g/mol. The van der Waals surface area contributed by atoms with E-state index in [0.717, 1.165) is 49.6 Å². The van der Waals surface area contributed by atoms with Gasteiger partial charge in [0.25, 0.3) is 0 Å². The SMILES string of the molecule is COc1cccc(OC)c1C1=C2C=CC(=[N+](C)C)C=C2P(=O)(c2ccncc2)c2cc(N(C)C)ccc21. The predicted molar refractivity (Wildman–Crippen MR) is 152 cm³/mol. The number of allylic oxidation sites excluding steroid dienone is 5. The summed E-state index contributed by atoms with van der Waals surface area (Å²) in [6.07, 6.45) is 9.62. The number of ether oxygens (including phenoxy) is 2. The molecular formula is C30H31N3O3P+. The van der Waals surface area contributed by atoms with E-state index in [1.54, 1.807) is 26.6 Å². The van der Waals surface area contributed by atoms with Gasteiger partial charge in [-0.2, -0.15) is 0 Å². The van der Waals surface area contributed by atoms with Crippen molar-refractivity contribution in [2.24, 2.45) is 0 Å². The molecule has 0 N–H and O–H groups in total. The number of pyridine rings is 1. The maximum Gasteiger partial charge on any atom is 0.200 e. The zero-order chi connectivity index (χ0) is 26.3. The fraction of sp³-hybridized carbons (Fsp3) is 0.200. The Balaban J connectivity index is 1.99. The number of hydrogen-bond acceptors (Lipinski definition) is 5. The molecule has 0 radical (unpaired) electrons. The first kappa shape index (κ1) is 24.8. The molecule has 7 heteroatoms. The van der Waals surface area contributed by atoms with Gasteiger partial charge < -0.3 is 18.9 Å². The van der Waals surface area contributed by atoms with Crippen LogP contribution >= 0.6 is 7.14 Å². The van der Waals surface area contributed by atoms with Gasteiger partial charge in [0.15, 0.2) is 12.9 Å². The Morgan fingerprint density at radius 1 is 0.919 bits per heavy atom. The summed E-state index contributed by atoms with van der Waals surface area (Å²) in [7, 11) is 8.02. The molecule has 37 heavy (non-hydrogen) atoms. The summed E-state index contributed by atoms with van der Waals surface area (Å²) < 4.78 is 29.3. The Labute approximate surface area is 218 Å². The van der Waals surface area contributed by atoms with Crippen LogP contribution in [0.2, 0.25) is 0 Å². The molecule has 0 spiro atoms. The van der Waals surface area contributed by atoms with E-state index < -0.39 is 7.14 Å². The summed E-state index contributed by atoms with van der Waals surface area (Å²) in [5.41, 5.74) is 5.54. The van der Waals surface area contributed by atoms with Crippen molar-refractivity contribution >= 4 is 34.7 Å². The molecular weight excluding hydrogens is 481 g/mol. The molecule has 2 heterocycles. The maximum atomic E-state index is 15.6. The van der Waals surface area contributed by atoms with Crippen molar-refractivity contribution in [1.29, 1.82) is 0 Å². The van der Waals surface area contributed by atoms with Gasteiger partial charge in [0, 0.05) is 65.8 Å². The second kappa shape index (κ2) is 9.53. The number of benzene rings is 2. The number of nitrogens with zero attached hydrogens (tertiary/aromatic N) is 3. The highest BCUT2D eigenvalue weighted by atomic mass is 31.2. The van der Waals surface area contributed by atoms with Crippen LogP contribution in [0.5, 0.6) is 11.5 Å². The van der Waals surface area contributed by atoms with Crippen LogP contribution in [0.1, 0.15) is 11.1 Å². The molecule has 0 bridgehead atoms. The lowest BCUT2D eigenvalue weighted by Crippen LogP contribution is -2.28. The predicted octanol–water partition coefficient (Wildman–Crippen LogP) is 4.46. The van der Waals surface area contributed by atoms with E-state index in [0.29, 0.717) is 11.5 Å².